The first-order valence-electron chi connectivity index (χ1n) is 8.07. The Balaban J connectivity index is 1.67. The first kappa shape index (κ1) is 16.4. The van der Waals surface area contributed by atoms with Crippen LogP contribution in [0.3, 0.4) is 0 Å². The van der Waals surface area contributed by atoms with Crippen LogP contribution in [0.15, 0.2) is 40.3 Å². The summed E-state index contributed by atoms with van der Waals surface area (Å²) < 4.78 is 6.97. The molecule has 0 spiro atoms. The minimum Gasteiger partial charge on any atom is -0.376 e. The van der Waals surface area contributed by atoms with Gasteiger partial charge in [-0.3, -0.25) is 4.98 Å². The molecule has 2 saturated heterocycles. The number of halogens is 1. The maximum atomic E-state index is 5.84. The van der Waals surface area contributed by atoms with Gasteiger partial charge in [0.15, 0.2) is 5.11 Å². The number of pyridine rings is 1. The molecule has 1 N–H and O–H groups in total. The number of thiocarbonyl (C=S) groups is 1. The van der Waals surface area contributed by atoms with Gasteiger partial charge in [-0.05, 0) is 65.3 Å². The van der Waals surface area contributed by atoms with E-state index in [1.165, 1.54) is 4.88 Å². The van der Waals surface area contributed by atoms with Gasteiger partial charge in [-0.1, -0.05) is 6.07 Å². The fourth-order valence-corrected chi connectivity index (χ4v) is 5.30. The van der Waals surface area contributed by atoms with Crippen molar-refractivity contribution in [1.82, 2.24) is 15.2 Å². The number of rotatable bonds is 4. The fraction of sp³-hybridized carbons (Fsp3) is 0.412. The van der Waals surface area contributed by atoms with Crippen LogP contribution < -0.4 is 5.32 Å². The molecule has 7 heteroatoms. The van der Waals surface area contributed by atoms with Crippen LogP contribution in [-0.2, 0) is 4.74 Å². The normalized spacial score (nSPS) is 26.8. The maximum Gasteiger partial charge on any atom is 0.170 e. The van der Waals surface area contributed by atoms with E-state index in [0.29, 0.717) is 0 Å². The lowest BCUT2D eigenvalue weighted by molar-refractivity contribution is 0.0846. The molecule has 0 amide bonds. The van der Waals surface area contributed by atoms with Gasteiger partial charge in [0.1, 0.15) is 0 Å². The maximum absolute atomic E-state index is 5.84. The van der Waals surface area contributed by atoms with Crippen LogP contribution in [0, 0.1) is 0 Å². The molecule has 2 aliphatic rings. The van der Waals surface area contributed by atoms with Gasteiger partial charge in [-0.15, -0.1) is 11.3 Å². The molecule has 0 unspecified atom stereocenters. The van der Waals surface area contributed by atoms with Crippen molar-refractivity contribution in [1.29, 1.82) is 0 Å². The molecule has 0 aromatic carbocycles. The largest absolute Gasteiger partial charge is 0.376 e. The zero-order valence-corrected chi connectivity index (χ0v) is 16.2. The zero-order valence-electron chi connectivity index (χ0n) is 13.0. The quantitative estimate of drug-likeness (QED) is 0.750. The van der Waals surface area contributed by atoms with Crippen molar-refractivity contribution in [3.05, 3.63) is 50.9 Å². The summed E-state index contributed by atoms with van der Waals surface area (Å²) in [5, 5.41) is 4.27. The third kappa shape index (κ3) is 3.22. The minimum absolute atomic E-state index is 0.0608. The van der Waals surface area contributed by atoms with Crippen molar-refractivity contribution in [2.75, 3.05) is 13.2 Å². The van der Waals surface area contributed by atoms with Crippen LogP contribution in [0.4, 0.5) is 0 Å². The van der Waals surface area contributed by atoms with Gasteiger partial charge >= 0.3 is 0 Å². The number of hydrogen-bond acceptors (Lipinski definition) is 4. The number of hydrogen-bond donors (Lipinski definition) is 1. The van der Waals surface area contributed by atoms with E-state index >= 15 is 0 Å². The average molecular weight is 424 g/mol. The van der Waals surface area contributed by atoms with Crippen molar-refractivity contribution >= 4 is 44.6 Å². The summed E-state index contributed by atoms with van der Waals surface area (Å²) in [6.07, 6.45) is 4.34. The fourth-order valence-electron chi connectivity index (χ4n) is 3.41. The third-order valence-corrected chi connectivity index (χ3v) is 6.55. The van der Waals surface area contributed by atoms with Crippen molar-refractivity contribution in [3.63, 3.8) is 0 Å². The molecule has 2 fully saturated rings. The Morgan fingerprint density at radius 2 is 2.29 bits per heavy atom. The number of nitrogens with one attached hydrogen (secondary N) is 1. The van der Waals surface area contributed by atoms with Gasteiger partial charge in [0, 0.05) is 24.2 Å². The third-order valence-electron chi connectivity index (χ3n) is 4.51. The SMILES string of the molecule is S=C1N[C@@H](c2ccccn2)[C@H](c2ccc(Br)s2)N1C[C@@H]1CCCO1. The predicted molar refractivity (Wildman–Crippen MR) is 103 cm³/mol. The first-order chi connectivity index (χ1) is 11.7. The second-order valence-electron chi connectivity index (χ2n) is 6.06. The highest BCUT2D eigenvalue weighted by molar-refractivity contribution is 9.11. The first-order valence-corrected chi connectivity index (χ1v) is 10.1. The van der Waals surface area contributed by atoms with E-state index < -0.39 is 0 Å². The number of nitrogens with zero attached hydrogens (tertiary/aromatic N) is 2. The van der Waals surface area contributed by atoms with Crippen LogP contribution in [-0.4, -0.2) is 34.3 Å². The Hall–Kier alpha value is -1.02. The molecule has 3 atom stereocenters. The molecule has 0 saturated carbocycles. The summed E-state index contributed by atoms with van der Waals surface area (Å²) in [4.78, 5) is 8.12. The van der Waals surface area contributed by atoms with E-state index in [0.717, 1.165) is 40.6 Å². The number of thiophene rings is 1. The molecule has 4 nitrogen and oxygen atoms in total. The van der Waals surface area contributed by atoms with Crippen LogP contribution in [0.25, 0.3) is 0 Å². The lowest BCUT2D eigenvalue weighted by atomic mass is 10.0. The Labute approximate surface area is 159 Å². The highest BCUT2D eigenvalue weighted by Crippen LogP contribution is 2.42. The summed E-state index contributed by atoms with van der Waals surface area (Å²) in [5.41, 5.74) is 1.02. The summed E-state index contributed by atoms with van der Waals surface area (Å²) in [6.45, 7) is 1.69. The van der Waals surface area contributed by atoms with Crippen molar-refractivity contribution < 1.29 is 4.74 Å². The molecule has 2 aromatic heterocycles. The Kier molecular flexibility index (Phi) is 4.85. The zero-order chi connectivity index (χ0) is 16.5. The molecule has 4 heterocycles. The van der Waals surface area contributed by atoms with Crippen LogP contribution in [0.5, 0.6) is 0 Å². The number of ether oxygens (including phenoxy) is 1. The lowest BCUT2D eigenvalue weighted by Crippen LogP contribution is -2.36. The average Bonchev–Trinajstić information content (AvgIpc) is 3.31. The molecule has 0 aliphatic carbocycles. The van der Waals surface area contributed by atoms with Crippen molar-refractivity contribution in [3.8, 4) is 0 Å². The summed E-state index contributed by atoms with van der Waals surface area (Å²) in [6, 6.07) is 10.5. The predicted octanol–water partition coefficient (Wildman–Crippen LogP) is 4.06. The molecule has 0 radical (unpaired) electrons. The lowest BCUT2D eigenvalue weighted by Gasteiger charge is -2.28. The van der Waals surface area contributed by atoms with Gasteiger partial charge in [0.2, 0.25) is 0 Å². The molecular formula is C17H18BrN3OS2. The summed E-state index contributed by atoms with van der Waals surface area (Å²) in [5.74, 6) is 0. The summed E-state index contributed by atoms with van der Waals surface area (Å²) in [7, 11) is 0. The Bertz CT molecular complexity index is 718. The van der Waals surface area contributed by atoms with E-state index in [1.54, 1.807) is 11.3 Å². The van der Waals surface area contributed by atoms with Gasteiger partial charge < -0.3 is 15.0 Å². The molecular weight excluding hydrogens is 406 g/mol. The second-order valence-corrected chi connectivity index (χ2v) is 8.94. The second kappa shape index (κ2) is 7.07. The molecule has 2 aromatic rings. The van der Waals surface area contributed by atoms with Crippen molar-refractivity contribution in [2.45, 2.75) is 31.0 Å². The van der Waals surface area contributed by atoms with Gasteiger partial charge in [-0.2, -0.15) is 0 Å². The molecule has 2 aliphatic heterocycles. The molecule has 0 bridgehead atoms. The Morgan fingerprint density at radius 1 is 1.38 bits per heavy atom. The molecule has 126 valence electrons. The monoisotopic (exact) mass is 423 g/mol. The van der Waals surface area contributed by atoms with Crippen LogP contribution in [0.1, 0.15) is 35.5 Å². The highest BCUT2D eigenvalue weighted by Gasteiger charge is 2.41. The Morgan fingerprint density at radius 3 is 2.96 bits per heavy atom. The topological polar surface area (TPSA) is 37.4 Å². The minimum atomic E-state index is 0.0608. The van der Waals surface area contributed by atoms with E-state index in [1.807, 2.05) is 18.3 Å². The van der Waals surface area contributed by atoms with E-state index in [4.69, 9.17) is 17.0 Å². The summed E-state index contributed by atoms with van der Waals surface area (Å²) >= 11 is 11.0. The van der Waals surface area contributed by atoms with Crippen molar-refractivity contribution in [2.24, 2.45) is 0 Å². The molecule has 24 heavy (non-hydrogen) atoms. The van der Waals surface area contributed by atoms with Gasteiger partial charge in [0.25, 0.3) is 0 Å². The van der Waals surface area contributed by atoms with Gasteiger partial charge in [-0.25, -0.2) is 0 Å². The van der Waals surface area contributed by atoms with Crippen LogP contribution >= 0.6 is 39.5 Å². The van der Waals surface area contributed by atoms with E-state index in [2.05, 4.69) is 49.3 Å². The van der Waals surface area contributed by atoms with Gasteiger partial charge in [0.05, 0.1) is 27.7 Å². The van der Waals surface area contributed by atoms with E-state index in [-0.39, 0.29) is 18.2 Å². The molecule has 4 rings (SSSR count). The highest BCUT2D eigenvalue weighted by atomic mass is 79.9. The smallest absolute Gasteiger partial charge is 0.170 e. The standard InChI is InChI=1S/C17H18BrN3OS2/c18-14-7-6-13(24-14)16-15(12-5-1-2-8-19-12)20-17(23)21(16)10-11-4-3-9-22-11/h1-2,5-8,11,15-16H,3-4,9-10H2,(H,20,23)/t11-,15-,16-/m0/s1. The van der Waals surface area contributed by atoms with E-state index in [9.17, 15) is 0 Å². The number of aromatic nitrogens is 1. The van der Waals surface area contributed by atoms with Crippen LogP contribution in [0.2, 0.25) is 0 Å².